The van der Waals surface area contributed by atoms with Crippen molar-refractivity contribution in [1.82, 2.24) is 45.8 Å². The lowest BCUT2D eigenvalue weighted by molar-refractivity contribution is -0.141. The van der Waals surface area contributed by atoms with Gasteiger partial charge in [-0.25, -0.2) is 14.4 Å². The van der Waals surface area contributed by atoms with Gasteiger partial charge in [0.2, 0.25) is 11.8 Å². The van der Waals surface area contributed by atoms with Gasteiger partial charge in [-0.3, -0.25) is 53.2 Å². The maximum absolute atomic E-state index is 13.5. The van der Waals surface area contributed by atoms with Crippen molar-refractivity contribution in [1.29, 1.82) is 0 Å². The van der Waals surface area contributed by atoms with E-state index in [1.54, 1.807) is 43.9 Å². The minimum Gasteiger partial charge on any atom is -0.481 e. The van der Waals surface area contributed by atoms with Crippen LogP contribution in [0.4, 0.5) is 4.79 Å². The monoisotopic (exact) mass is 1170 g/mol. The summed E-state index contributed by atoms with van der Waals surface area (Å²) >= 11 is 2.18. The highest BCUT2D eigenvalue weighted by Crippen LogP contribution is 2.15. The summed E-state index contributed by atoms with van der Waals surface area (Å²) in [5.74, 6) is -7.95. The molecule has 75 heavy (non-hydrogen) atoms. The normalized spacial score (nSPS) is 14.9. The van der Waals surface area contributed by atoms with E-state index in [1.807, 2.05) is 29.2 Å². The molecule has 26 heteroatoms. The number of nitrogens with one attached hydrogen (secondary N) is 4. The average molecular weight is 1170 g/mol. The summed E-state index contributed by atoms with van der Waals surface area (Å²) in [4.78, 5) is 129. The molecule has 1 heterocycles. The van der Waals surface area contributed by atoms with E-state index in [0.29, 0.717) is 70.4 Å². The molecule has 1 saturated heterocycles. The fourth-order valence-electron chi connectivity index (χ4n) is 7.95. The molecule has 0 saturated carbocycles. The van der Waals surface area contributed by atoms with Crippen LogP contribution in [-0.2, 0) is 51.4 Å². The second kappa shape index (κ2) is 34.2. The van der Waals surface area contributed by atoms with Crippen LogP contribution in [0.2, 0.25) is 0 Å². The van der Waals surface area contributed by atoms with E-state index in [-0.39, 0.29) is 103 Å². The number of nitrogens with zero attached hydrogens (tertiary/aromatic N) is 5. The zero-order chi connectivity index (χ0) is 55.3. The molecule has 414 valence electrons. The summed E-state index contributed by atoms with van der Waals surface area (Å²) in [6.07, 6.45) is 1.79. The lowest BCUT2D eigenvalue weighted by Crippen LogP contribution is -2.51. The standard InChI is InChI=1S/C49H70IN9O16/c50-37-14-10-35(11-15-37)29-59(19-5-3-6-38(47(71)72)53-49(75)54-39(48(73)74)16-17-42(62)63)41(61)7-2-1-4-18-51-46(70)36-12-8-34(9-13-36)28-52-40(60)30-55-20-22-56(31-43(64)65)24-26-58(33-45(68)69)27-25-57(23-21-55)32-44(66)67/h8-15,38-39H,1-7,16-33H2,(H,51,70)(H,52,60)(H,62,63)(H,64,65)(H,66,67)(H,68,69)(H,71,72)(H,73,74)(H2,53,54,75). The number of aliphatic carboxylic acids is 6. The van der Waals surface area contributed by atoms with Gasteiger partial charge in [0.25, 0.3) is 5.91 Å². The molecule has 3 rings (SSSR count). The van der Waals surface area contributed by atoms with Crippen molar-refractivity contribution < 1.29 is 78.6 Å². The number of rotatable bonds is 31. The number of carboxylic acid groups (broad SMARTS) is 6. The second-order valence-electron chi connectivity index (χ2n) is 18.1. The Labute approximate surface area is 448 Å². The van der Waals surface area contributed by atoms with Gasteiger partial charge in [-0.05, 0) is 96.5 Å². The first-order valence-corrected chi connectivity index (χ1v) is 25.7. The first-order chi connectivity index (χ1) is 35.7. The van der Waals surface area contributed by atoms with Gasteiger partial charge in [0.15, 0.2) is 0 Å². The minimum atomic E-state index is -1.53. The minimum absolute atomic E-state index is 0.0168. The van der Waals surface area contributed by atoms with E-state index in [4.69, 9.17) is 5.11 Å². The van der Waals surface area contributed by atoms with Crippen LogP contribution in [-0.4, -0.2) is 218 Å². The van der Waals surface area contributed by atoms with Crippen molar-refractivity contribution >= 4 is 82.2 Å². The third kappa shape index (κ3) is 27.0. The van der Waals surface area contributed by atoms with Gasteiger partial charge in [0.05, 0.1) is 26.2 Å². The Kier molecular flexibility index (Phi) is 28.6. The maximum atomic E-state index is 13.5. The number of hydrogen-bond acceptors (Lipinski definition) is 14. The van der Waals surface area contributed by atoms with Crippen LogP contribution in [0, 0.1) is 3.57 Å². The number of carbonyl (C=O) groups excluding carboxylic acids is 4. The summed E-state index contributed by atoms with van der Waals surface area (Å²) in [6, 6.07) is 10.4. The Morgan fingerprint density at radius 1 is 0.520 bits per heavy atom. The van der Waals surface area contributed by atoms with Gasteiger partial charge in [-0.15, -0.1) is 0 Å². The molecule has 1 fully saturated rings. The molecule has 0 aliphatic carbocycles. The van der Waals surface area contributed by atoms with Crippen molar-refractivity contribution in [2.75, 3.05) is 91.6 Å². The Balaban J connectivity index is 1.45. The quantitative estimate of drug-likeness (QED) is 0.0371. The van der Waals surface area contributed by atoms with E-state index in [1.165, 1.54) is 0 Å². The Bertz CT molecular complexity index is 2190. The summed E-state index contributed by atoms with van der Waals surface area (Å²) < 4.78 is 1.02. The molecule has 2 unspecified atom stereocenters. The highest BCUT2D eigenvalue weighted by atomic mass is 127. The van der Waals surface area contributed by atoms with Crippen LogP contribution < -0.4 is 21.3 Å². The first kappa shape index (κ1) is 62.8. The van der Waals surface area contributed by atoms with E-state index in [0.717, 1.165) is 14.7 Å². The van der Waals surface area contributed by atoms with Crippen LogP contribution in [0.25, 0.3) is 0 Å². The topological polar surface area (TPSA) is 356 Å². The number of carboxylic acids is 6. The molecule has 1 aliphatic heterocycles. The summed E-state index contributed by atoms with van der Waals surface area (Å²) in [7, 11) is 0. The predicted octanol–water partition coefficient (Wildman–Crippen LogP) is 0.943. The molecule has 10 N–H and O–H groups in total. The summed E-state index contributed by atoms with van der Waals surface area (Å²) in [6.45, 7) is 2.41. The van der Waals surface area contributed by atoms with Crippen molar-refractivity contribution in [3.05, 3.63) is 68.8 Å². The van der Waals surface area contributed by atoms with Crippen LogP contribution >= 0.6 is 22.6 Å². The third-order valence-corrected chi connectivity index (χ3v) is 12.8. The number of carbonyl (C=O) groups is 10. The van der Waals surface area contributed by atoms with Crippen LogP contribution in [0.3, 0.4) is 0 Å². The van der Waals surface area contributed by atoms with Crippen molar-refractivity contribution in [3.63, 3.8) is 0 Å². The molecule has 0 aromatic heterocycles. The Hall–Kier alpha value is -6.49. The highest BCUT2D eigenvalue weighted by Gasteiger charge is 2.26. The lowest BCUT2D eigenvalue weighted by atomic mass is 10.1. The van der Waals surface area contributed by atoms with Crippen LogP contribution in [0.1, 0.15) is 79.3 Å². The average Bonchev–Trinajstić information content (AvgIpc) is 3.34. The number of benzene rings is 2. The molecule has 1 aliphatic rings. The molecule has 2 aromatic carbocycles. The zero-order valence-corrected chi connectivity index (χ0v) is 44.0. The molecular weight excluding hydrogens is 1100 g/mol. The molecule has 0 spiro atoms. The predicted molar refractivity (Wildman–Crippen MR) is 278 cm³/mol. The molecule has 0 radical (unpaired) electrons. The lowest BCUT2D eigenvalue weighted by Gasteiger charge is -2.32. The van der Waals surface area contributed by atoms with E-state index >= 15 is 0 Å². The summed E-state index contributed by atoms with van der Waals surface area (Å²) in [5, 5.41) is 66.3. The van der Waals surface area contributed by atoms with Crippen molar-refractivity contribution in [2.24, 2.45) is 0 Å². The Morgan fingerprint density at radius 2 is 1.00 bits per heavy atom. The van der Waals surface area contributed by atoms with Crippen LogP contribution in [0.15, 0.2) is 48.5 Å². The Morgan fingerprint density at radius 3 is 1.48 bits per heavy atom. The van der Waals surface area contributed by atoms with Gasteiger partial charge in [-0.2, -0.15) is 0 Å². The van der Waals surface area contributed by atoms with Crippen molar-refractivity contribution in [2.45, 2.75) is 83.0 Å². The maximum Gasteiger partial charge on any atom is 0.326 e. The fourth-order valence-corrected chi connectivity index (χ4v) is 8.31. The molecule has 0 bridgehead atoms. The number of hydrogen-bond donors (Lipinski definition) is 10. The van der Waals surface area contributed by atoms with Crippen LogP contribution in [0.5, 0.6) is 0 Å². The molecule has 2 aromatic rings. The summed E-state index contributed by atoms with van der Waals surface area (Å²) in [5.41, 5.74) is 2.03. The molecule has 5 amide bonds. The number of unbranched alkanes of at least 4 members (excludes halogenated alkanes) is 3. The number of amides is 5. The van der Waals surface area contributed by atoms with Crippen molar-refractivity contribution in [3.8, 4) is 0 Å². The smallest absolute Gasteiger partial charge is 0.326 e. The second-order valence-corrected chi connectivity index (χ2v) is 19.3. The number of halogens is 1. The zero-order valence-electron chi connectivity index (χ0n) is 41.8. The van der Waals surface area contributed by atoms with E-state index in [2.05, 4.69) is 43.9 Å². The fraction of sp³-hybridized carbons (Fsp3) is 0.551. The van der Waals surface area contributed by atoms with Gasteiger partial charge in [0, 0.05) is 101 Å². The molecular formula is C49H70IN9O16. The third-order valence-electron chi connectivity index (χ3n) is 12.1. The SMILES string of the molecule is O=C(O)CCC(NC(=O)NC(CCCCN(Cc1ccc(I)cc1)C(=O)CCCCCNC(=O)c1ccc(CNC(=O)CN2CCN(CC(=O)O)CCN(CC(=O)O)CCN(CC(=O)O)CC2)cc1)C(=O)O)C(=O)O. The van der Waals surface area contributed by atoms with Gasteiger partial charge >= 0.3 is 41.8 Å². The number of urea groups is 1. The van der Waals surface area contributed by atoms with Gasteiger partial charge in [-0.1, -0.05) is 30.7 Å². The van der Waals surface area contributed by atoms with Gasteiger partial charge in [0.1, 0.15) is 12.1 Å². The first-order valence-electron chi connectivity index (χ1n) is 24.6. The highest BCUT2D eigenvalue weighted by molar-refractivity contribution is 14.1. The van der Waals surface area contributed by atoms with E-state index < -0.39 is 66.8 Å². The molecule has 2 atom stereocenters. The molecule has 25 nitrogen and oxygen atoms in total. The van der Waals surface area contributed by atoms with E-state index in [9.17, 15) is 73.5 Å². The van der Waals surface area contributed by atoms with Gasteiger partial charge < -0.3 is 56.8 Å². The largest absolute Gasteiger partial charge is 0.481 e.